The highest BCUT2D eigenvalue weighted by molar-refractivity contribution is 5.77. The predicted molar refractivity (Wildman–Crippen MR) is 65.1 cm³/mol. The maximum Gasteiger partial charge on any atom is 0.188 e. The second-order valence-corrected chi connectivity index (χ2v) is 4.05. The molecule has 15 heavy (non-hydrogen) atoms. The fraction of sp³-hybridized carbons (Fsp3) is 0.909. The van der Waals surface area contributed by atoms with Gasteiger partial charge >= 0.3 is 0 Å². The number of hydrogen-bond acceptors (Lipinski definition) is 2. The normalized spacial score (nSPS) is 19.9. The van der Waals surface area contributed by atoms with Gasteiger partial charge in [-0.25, -0.2) is 0 Å². The maximum atomic E-state index is 5.65. The number of nitrogens with two attached hydrogens (primary N) is 1. The van der Waals surface area contributed by atoms with Crippen LogP contribution in [0.15, 0.2) is 4.99 Å². The number of nitrogens with one attached hydrogen (secondary N) is 1. The smallest absolute Gasteiger partial charge is 0.188 e. The Morgan fingerprint density at radius 2 is 1.93 bits per heavy atom. The molecule has 1 aliphatic heterocycles. The minimum atomic E-state index is 0.576. The Balaban J connectivity index is 2.14. The van der Waals surface area contributed by atoms with E-state index >= 15 is 0 Å². The van der Waals surface area contributed by atoms with Crippen molar-refractivity contribution < 1.29 is 0 Å². The Morgan fingerprint density at radius 1 is 1.27 bits per heavy atom. The van der Waals surface area contributed by atoms with Gasteiger partial charge in [0, 0.05) is 13.1 Å². The third-order valence-corrected chi connectivity index (χ3v) is 2.75. The van der Waals surface area contributed by atoms with Crippen LogP contribution in [0, 0.1) is 0 Å². The van der Waals surface area contributed by atoms with Gasteiger partial charge in [-0.15, -0.1) is 0 Å². The van der Waals surface area contributed by atoms with E-state index in [0.29, 0.717) is 5.96 Å². The fourth-order valence-corrected chi connectivity index (χ4v) is 1.91. The number of likely N-dealkylation sites (tertiary alicyclic amines) is 1. The summed E-state index contributed by atoms with van der Waals surface area (Å²) in [7, 11) is 0. The standard InChI is InChI=1S/C11H24N4/c1-2-13-11(12)14-7-10-15-8-5-3-4-6-9-15/h2-10H2,1H3,(H3,12,13,14). The van der Waals surface area contributed by atoms with Gasteiger partial charge in [0.2, 0.25) is 0 Å². The zero-order valence-electron chi connectivity index (χ0n) is 9.84. The second-order valence-electron chi connectivity index (χ2n) is 4.05. The van der Waals surface area contributed by atoms with Crippen LogP contribution < -0.4 is 11.1 Å². The van der Waals surface area contributed by atoms with Crippen molar-refractivity contribution in [2.24, 2.45) is 10.7 Å². The van der Waals surface area contributed by atoms with Crippen molar-refractivity contribution in [2.45, 2.75) is 32.6 Å². The Bertz CT molecular complexity index is 183. The molecule has 1 fully saturated rings. The molecule has 4 heteroatoms. The van der Waals surface area contributed by atoms with Gasteiger partial charge in [0.25, 0.3) is 0 Å². The van der Waals surface area contributed by atoms with E-state index in [1.165, 1.54) is 38.8 Å². The number of hydrogen-bond donors (Lipinski definition) is 2. The second kappa shape index (κ2) is 7.51. The van der Waals surface area contributed by atoms with Crippen LogP contribution in [0.3, 0.4) is 0 Å². The first kappa shape index (κ1) is 12.3. The summed E-state index contributed by atoms with van der Waals surface area (Å²) in [6, 6.07) is 0. The van der Waals surface area contributed by atoms with E-state index in [1.807, 2.05) is 6.92 Å². The number of rotatable bonds is 4. The fourth-order valence-electron chi connectivity index (χ4n) is 1.91. The van der Waals surface area contributed by atoms with Crippen LogP contribution in [0.1, 0.15) is 32.6 Å². The van der Waals surface area contributed by atoms with Crippen molar-refractivity contribution in [3.63, 3.8) is 0 Å². The molecule has 4 nitrogen and oxygen atoms in total. The summed E-state index contributed by atoms with van der Waals surface area (Å²) in [4.78, 5) is 6.78. The molecule has 0 aromatic heterocycles. The van der Waals surface area contributed by atoms with Crippen LogP contribution in [0.4, 0.5) is 0 Å². The first-order chi connectivity index (χ1) is 7.33. The molecule has 0 spiro atoms. The molecule has 0 radical (unpaired) electrons. The van der Waals surface area contributed by atoms with E-state index in [1.54, 1.807) is 0 Å². The number of nitrogens with zero attached hydrogens (tertiary/aromatic N) is 2. The van der Waals surface area contributed by atoms with E-state index < -0.39 is 0 Å². The lowest BCUT2D eigenvalue weighted by molar-refractivity contribution is 0.293. The van der Waals surface area contributed by atoms with Crippen molar-refractivity contribution in [1.82, 2.24) is 10.2 Å². The lowest BCUT2D eigenvalue weighted by atomic mass is 10.2. The van der Waals surface area contributed by atoms with Crippen LogP contribution >= 0.6 is 0 Å². The molecule has 1 saturated heterocycles. The van der Waals surface area contributed by atoms with E-state index in [-0.39, 0.29) is 0 Å². The Hall–Kier alpha value is -0.770. The van der Waals surface area contributed by atoms with Crippen molar-refractivity contribution in [3.8, 4) is 0 Å². The molecule has 0 aromatic rings. The van der Waals surface area contributed by atoms with Crippen molar-refractivity contribution in [2.75, 3.05) is 32.7 Å². The minimum Gasteiger partial charge on any atom is -0.370 e. The van der Waals surface area contributed by atoms with Crippen LogP contribution in [-0.2, 0) is 0 Å². The summed E-state index contributed by atoms with van der Waals surface area (Å²) in [6.07, 6.45) is 5.46. The molecule has 0 aliphatic carbocycles. The molecule has 88 valence electrons. The Kier molecular flexibility index (Phi) is 6.16. The van der Waals surface area contributed by atoms with Crippen LogP contribution in [0.2, 0.25) is 0 Å². The van der Waals surface area contributed by atoms with Gasteiger partial charge in [-0.1, -0.05) is 12.8 Å². The van der Waals surface area contributed by atoms with Crippen LogP contribution in [-0.4, -0.2) is 43.6 Å². The van der Waals surface area contributed by atoms with Gasteiger partial charge in [0.05, 0.1) is 6.54 Å². The summed E-state index contributed by atoms with van der Waals surface area (Å²) in [6.45, 7) is 7.20. The first-order valence-electron chi connectivity index (χ1n) is 6.09. The Labute approximate surface area is 92.9 Å². The maximum absolute atomic E-state index is 5.65. The molecule has 1 rings (SSSR count). The van der Waals surface area contributed by atoms with Gasteiger partial charge in [-0.2, -0.15) is 0 Å². The molecule has 0 amide bonds. The van der Waals surface area contributed by atoms with E-state index in [9.17, 15) is 0 Å². The third-order valence-electron chi connectivity index (χ3n) is 2.75. The quantitative estimate of drug-likeness (QED) is 0.535. The monoisotopic (exact) mass is 212 g/mol. The predicted octanol–water partition coefficient (Wildman–Crippen LogP) is 0.787. The van der Waals surface area contributed by atoms with Gasteiger partial charge < -0.3 is 16.0 Å². The topological polar surface area (TPSA) is 53.6 Å². The first-order valence-corrected chi connectivity index (χ1v) is 6.09. The highest BCUT2D eigenvalue weighted by Gasteiger charge is 2.07. The zero-order chi connectivity index (χ0) is 10.9. The Morgan fingerprint density at radius 3 is 2.53 bits per heavy atom. The van der Waals surface area contributed by atoms with Crippen molar-refractivity contribution in [3.05, 3.63) is 0 Å². The third kappa shape index (κ3) is 5.62. The highest BCUT2D eigenvalue weighted by Crippen LogP contribution is 2.08. The zero-order valence-corrected chi connectivity index (χ0v) is 9.84. The molecule has 0 bridgehead atoms. The molecule has 1 heterocycles. The van der Waals surface area contributed by atoms with Crippen LogP contribution in [0.5, 0.6) is 0 Å². The van der Waals surface area contributed by atoms with Gasteiger partial charge in [0.15, 0.2) is 5.96 Å². The molecular weight excluding hydrogens is 188 g/mol. The van der Waals surface area contributed by atoms with Crippen molar-refractivity contribution >= 4 is 5.96 Å². The molecule has 1 aliphatic rings. The highest BCUT2D eigenvalue weighted by atomic mass is 15.1. The lowest BCUT2D eigenvalue weighted by Crippen LogP contribution is -2.33. The average molecular weight is 212 g/mol. The summed E-state index contributed by atoms with van der Waals surface area (Å²) < 4.78 is 0. The number of guanidine groups is 1. The summed E-state index contributed by atoms with van der Waals surface area (Å²) in [5.41, 5.74) is 5.65. The number of aliphatic imine (C=N–C) groups is 1. The average Bonchev–Trinajstić information content (AvgIpc) is 2.47. The SMILES string of the molecule is CCNC(N)=NCCN1CCCCCC1. The molecule has 0 aromatic carbocycles. The largest absolute Gasteiger partial charge is 0.370 e. The molecule has 3 N–H and O–H groups in total. The van der Waals surface area contributed by atoms with E-state index in [0.717, 1.165) is 19.6 Å². The van der Waals surface area contributed by atoms with Gasteiger partial charge in [-0.05, 0) is 32.9 Å². The summed E-state index contributed by atoms with van der Waals surface area (Å²) >= 11 is 0. The molecule has 0 saturated carbocycles. The van der Waals surface area contributed by atoms with Crippen molar-refractivity contribution in [1.29, 1.82) is 0 Å². The molecule has 0 atom stereocenters. The van der Waals surface area contributed by atoms with Crippen LogP contribution in [0.25, 0.3) is 0 Å². The lowest BCUT2D eigenvalue weighted by Gasteiger charge is -2.18. The van der Waals surface area contributed by atoms with Gasteiger partial charge in [0.1, 0.15) is 0 Å². The summed E-state index contributed by atoms with van der Waals surface area (Å²) in [5, 5.41) is 3.00. The van der Waals surface area contributed by atoms with E-state index in [4.69, 9.17) is 5.73 Å². The summed E-state index contributed by atoms with van der Waals surface area (Å²) in [5.74, 6) is 0.576. The minimum absolute atomic E-state index is 0.576. The van der Waals surface area contributed by atoms with Gasteiger partial charge in [-0.3, -0.25) is 4.99 Å². The molecular formula is C11H24N4. The molecule has 0 unspecified atom stereocenters. The van der Waals surface area contributed by atoms with E-state index in [2.05, 4.69) is 15.2 Å².